The minimum Gasteiger partial charge on any atom is -0.480 e. The number of rotatable bonds is 8. The molecule has 0 aliphatic heterocycles. The number of anilines is 1. The third-order valence-corrected chi connectivity index (χ3v) is 7.20. The lowest BCUT2D eigenvalue weighted by Crippen LogP contribution is -2.32. The van der Waals surface area contributed by atoms with Crippen molar-refractivity contribution < 1.29 is 26.7 Å². The van der Waals surface area contributed by atoms with Gasteiger partial charge in [-0.1, -0.05) is 19.1 Å². The zero-order valence-corrected chi connectivity index (χ0v) is 21.3. The number of ether oxygens (including phenoxy) is 1. The summed E-state index contributed by atoms with van der Waals surface area (Å²) in [7, 11) is -1.76. The molecule has 198 valence electrons. The second kappa shape index (κ2) is 10.5. The van der Waals surface area contributed by atoms with Crippen LogP contribution in [0.1, 0.15) is 6.92 Å². The summed E-state index contributed by atoms with van der Waals surface area (Å²) in [6.45, 7) is 1.81. The Morgan fingerprint density at radius 1 is 1.13 bits per heavy atom. The Labute approximate surface area is 216 Å². The molecule has 10 nitrogen and oxygen atoms in total. The van der Waals surface area contributed by atoms with Gasteiger partial charge in [0.05, 0.1) is 30.3 Å². The number of sulfonamides is 1. The maximum atomic E-state index is 14.2. The summed E-state index contributed by atoms with van der Waals surface area (Å²) in [5, 5.41) is 2.81. The van der Waals surface area contributed by atoms with Gasteiger partial charge in [-0.25, -0.2) is 27.2 Å². The molecule has 0 spiro atoms. The number of carbonyl (C=O) groups excluding carboxylic acids is 1. The predicted molar refractivity (Wildman–Crippen MR) is 136 cm³/mol. The van der Waals surface area contributed by atoms with Crippen molar-refractivity contribution in [3.8, 4) is 17.0 Å². The molecule has 38 heavy (non-hydrogen) atoms. The van der Waals surface area contributed by atoms with Crippen LogP contribution in [-0.4, -0.2) is 43.0 Å². The lowest BCUT2D eigenvalue weighted by atomic mass is 10.0. The molecule has 4 rings (SSSR count). The van der Waals surface area contributed by atoms with Crippen LogP contribution in [0.15, 0.2) is 64.7 Å². The SMILES string of the molecule is CNC(=O)[C@@H](C)Cn1cnc2ccc(-c3cnc(OC)c(NS(=O)(=O)c4cccc(F)c4F)c3)cc2c1=O. The minimum absolute atomic E-state index is 0.109. The fraction of sp³-hybridized carbons (Fsp3) is 0.200. The van der Waals surface area contributed by atoms with Gasteiger partial charge < -0.3 is 10.1 Å². The van der Waals surface area contributed by atoms with Crippen LogP contribution in [0.4, 0.5) is 14.5 Å². The van der Waals surface area contributed by atoms with E-state index in [1.807, 2.05) is 0 Å². The lowest BCUT2D eigenvalue weighted by Gasteiger charge is -2.14. The average molecular weight is 544 g/mol. The van der Waals surface area contributed by atoms with E-state index >= 15 is 0 Å². The van der Waals surface area contributed by atoms with Gasteiger partial charge in [0.2, 0.25) is 11.8 Å². The summed E-state index contributed by atoms with van der Waals surface area (Å²) >= 11 is 0. The van der Waals surface area contributed by atoms with Crippen LogP contribution in [0.2, 0.25) is 0 Å². The summed E-state index contributed by atoms with van der Waals surface area (Å²) in [5.41, 5.74) is 0.833. The molecular formula is C25H23F2N5O5S. The quantitative estimate of drug-likeness (QED) is 0.349. The van der Waals surface area contributed by atoms with Crippen molar-refractivity contribution in [2.75, 3.05) is 18.9 Å². The molecule has 2 aromatic heterocycles. The number of pyridine rings is 1. The van der Waals surface area contributed by atoms with Gasteiger partial charge in [-0.3, -0.25) is 18.9 Å². The van der Waals surface area contributed by atoms with Gasteiger partial charge in [-0.2, -0.15) is 0 Å². The number of carbonyl (C=O) groups is 1. The molecule has 0 saturated heterocycles. The molecule has 0 fully saturated rings. The second-order valence-electron chi connectivity index (χ2n) is 8.39. The predicted octanol–water partition coefficient (Wildman–Crippen LogP) is 2.93. The van der Waals surface area contributed by atoms with E-state index in [-0.39, 0.29) is 35.0 Å². The highest BCUT2D eigenvalue weighted by molar-refractivity contribution is 7.92. The Kier molecular flexibility index (Phi) is 7.39. The van der Waals surface area contributed by atoms with E-state index in [1.54, 1.807) is 25.1 Å². The highest BCUT2D eigenvalue weighted by Crippen LogP contribution is 2.31. The molecule has 0 bridgehead atoms. The van der Waals surface area contributed by atoms with E-state index < -0.39 is 32.5 Å². The van der Waals surface area contributed by atoms with Crippen molar-refractivity contribution in [1.29, 1.82) is 0 Å². The summed E-state index contributed by atoms with van der Waals surface area (Å²) < 4.78 is 62.1. The Balaban J connectivity index is 1.74. The van der Waals surface area contributed by atoms with Crippen LogP contribution in [0.3, 0.4) is 0 Å². The van der Waals surface area contributed by atoms with Gasteiger partial charge in [-0.15, -0.1) is 0 Å². The molecule has 1 atom stereocenters. The molecule has 0 radical (unpaired) electrons. The molecular weight excluding hydrogens is 520 g/mol. The van der Waals surface area contributed by atoms with E-state index in [0.29, 0.717) is 16.6 Å². The van der Waals surface area contributed by atoms with Crippen LogP contribution in [0.5, 0.6) is 5.88 Å². The number of hydrogen-bond donors (Lipinski definition) is 2. The van der Waals surface area contributed by atoms with Gasteiger partial charge in [0.1, 0.15) is 10.6 Å². The van der Waals surface area contributed by atoms with Crippen LogP contribution < -0.4 is 20.3 Å². The van der Waals surface area contributed by atoms with Crippen molar-refractivity contribution in [1.82, 2.24) is 19.9 Å². The monoisotopic (exact) mass is 543 g/mol. The molecule has 2 N–H and O–H groups in total. The molecule has 1 amide bonds. The average Bonchev–Trinajstić information content (AvgIpc) is 2.90. The number of benzene rings is 2. The number of amides is 1. The van der Waals surface area contributed by atoms with Gasteiger partial charge in [0, 0.05) is 25.4 Å². The van der Waals surface area contributed by atoms with E-state index in [9.17, 15) is 26.8 Å². The molecule has 0 aliphatic rings. The van der Waals surface area contributed by atoms with Crippen molar-refractivity contribution >= 4 is 32.5 Å². The molecule has 0 saturated carbocycles. The van der Waals surface area contributed by atoms with Gasteiger partial charge in [0.15, 0.2) is 11.6 Å². The fourth-order valence-electron chi connectivity index (χ4n) is 3.83. The summed E-state index contributed by atoms with van der Waals surface area (Å²) in [6, 6.07) is 9.05. The zero-order valence-electron chi connectivity index (χ0n) is 20.5. The van der Waals surface area contributed by atoms with Gasteiger partial charge in [-0.05, 0) is 35.9 Å². The molecule has 4 aromatic rings. The normalized spacial score (nSPS) is 12.2. The Morgan fingerprint density at radius 2 is 1.89 bits per heavy atom. The van der Waals surface area contributed by atoms with Crippen LogP contribution >= 0.6 is 0 Å². The molecule has 13 heteroatoms. The first-order valence-electron chi connectivity index (χ1n) is 11.3. The van der Waals surface area contributed by atoms with Crippen molar-refractivity contribution in [2.24, 2.45) is 5.92 Å². The summed E-state index contributed by atoms with van der Waals surface area (Å²) in [4.78, 5) is 32.5. The van der Waals surface area contributed by atoms with E-state index in [0.717, 1.165) is 18.2 Å². The molecule has 0 unspecified atom stereocenters. The van der Waals surface area contributed by atoms with Crippen LogP contribution in [0.25, 0.3) is 22.0 Å². The first-order valence-corrected chi connectivity index (χ1v) is 12.8. The number of nitrogens with zero attached hydrogens (tertiary/aromatic N) is 3. The topological polar surface area (TPSA) is 132 Å². The largest absolute Gasteiger partial charge is 0.480 e. The first-order chi connectivity index (χ1) is 18.1. The maximum absolute atomic E-state index is 14.2. The number of nitrogens with one attached hydrogen (secondary N) is 2. The standard InChI is InChI=1S/C25H23F2N5O5S/c1-14(23(33)28-2)12-32-13-30-19-8-7-15(9-17(19)25(32)34)16-10-20(24(37-3)29-11-16)31-38(35,36)21-6-4-5-18(26)22(21)27/h4-11,13-14,31H,12H2,1-3H3,(H,28,33)/t14-/m0/s1. The zero-order chi connectivity index (χ0) is 27.6. The minimum atomic E-state index is -4.55. The van der Waals surface area contributed by atoms with Gasteiger partial charge >= 0.3 is 0 Å². The number of aromatic nitrogens is 3. The van der Waals surface area contributed by atoms with E-state index in [4.69, 9.17) is 4.74 Å². The Bertz CT molecular complexity index is 1710. The van der Waals surface area contributed by atoms with E-state index in [1.165, 1.54) is 37.3 Å². The lowest BCUT2D eigenvalue weighted by molar-refractivity contribution is -0.124. The van der Waals surface area contributed by atoms with Crippen molar-refractivity contribution in [3.63, 3.8) is 0 Å². The smallest absolute Gasteiger partial charge is 0.265 e. The Hall–Kier alpha value is -4.39. The van der Waals surface area contributed by atoms with Crippen molar-refractivity contribution in [3.05, 3.63) is 77.0 Å². The highest BCUT2D eigenvalue weighted by Gasteiger charge is 2.24. The number of methoxy groups -OCH3 is 1. The summed E-state index contributed by atoms with van der Waals surface area (Å²) in [5.74, 6) is -3.63. The van der Waals surface area contributed by atoms with Gasteiger partial charge in [0.25, 0.3) is 15.6 Å². The molecule has 2 aromatic carbocycles. The first kappa shape index (κ1) is 26.7. The maximum Gasteiger partial charge on any atom is 0.265 e. The number of fused-ring (bicyclic) bond motifs is 1. The Morgan fingerprint density at radius 3 is 2.61 bits per heavy atom. The van der Waals surface area contributed by atoms with Crippen molar-refractivity contribution in [2.45, 2.75) is 18.4 Å². The third-order valence-electron chi connectivity index (χ3n) is 5.82. The number of halogens is 2. The second-order valence-corrected chi connectivity index (χ2v) is 10.0. The van der Waals surface area contributed by atoms with E-state index in [2.05, 4.69) is 20.0 Å². The van der Waals surface area contributed by atoms with Crippen LogP contribution in [-0.2, 0) is 21.4 Å². The fourth-order valence-corrected chi connectivity index (χ4v) is 4.97. The third kappa shape index (κ3) is 5.18. The molecule has 2 heterocycles. The van der Waals surface area contributed by atoms with Crippen LogP contribution in [0, 0.1) is 17.6 Å². The highest BCUT2D eigenvalue weighted by atomic mass is 32.2. The number of hydrogen-bond acceptors (Lipinski definition) is 7. The molecule has 0 aliphatic carbocycles. The summed E-state index contributed by atoms with van der Waals surface area (Å²) in [6.07, 6.45) is 2.78.